The maximum absolute atomic E-state index is 12.3. The van der Waals surface area contributed by atoms with Crippen molar-refractivity contribution in [3.05, 3.63) is 41.5 Å². The van der Waals surface area contributed by atoms with Crippen molar-refractivity contribution in [1.82, 2.24) is 5.32 Å². The van der Waals surface area contributed by atoms with Gasteiger partial charge in [-0.25, -0.2) is 4.79 Å². The van der Waals surface area contributed by atoms with E-state index in [1.165, 1.54) is 41.6 Å². The van der Waals surface area contributed by atoms with Crippen molar-refractivity contribution in [2.45, 2.75) is 45.3 Å². The topological polar surface area (TPSA) is 120 Å². The molecule has 1 unspecified atom stereocenters. The average molecular weight is 429 g/mol. The quantitative estimate of drug-likeness (QED) is 0.621. The third-order valence-corrected chi connectivity index (χ3v) is 5.73. The number of aromatic carboxylic acids is 1. The van der Waals surface area contributed by atoms with E-state index < -0.39 is 11.2 Å². The molecule has 30 heavy (non-hydrogen) atoms. The summed E-state index contributed by atoms with van der Waals surface area (Å²) in [7, 11) is 0. The molecule has 0 saturated carbocycles. The van der Waals surface area contributed by atoms with Crippen LogP contribution in [0.1, 0.15) is 50.4 Å². The van der Waals surface area contributed by atoms with Crippen molar-refractivity contribution >= 4 is 46.1 Å². The van der Waals surface area contributed by atoms with Gasteiger partial charge < -0.3 is 15.7 Å². The Bertz CT molecular complexity index is 964. The molecule has 0 spiro atoms. The van der Waals surface area contributed by atoms with Crippen LogP contribution in [-0.4, -0.2) is 39.0 Å². The normalized spacial score (nSPS) is 23.2. The molecule has 1 atom stereocenters. The molecule has 0 bridgehead atoms. The van der Waals surface area contributed by atoms with Gasteiger partial charge in [0.15, 0.2) is 5.17 Å². The Morgan fingerprint density at radius 2 is 1.93 bits per heavy atom. The van der Waals surface area contributed by atoms with E-state index in [9.17, 15) is 14.4 Å². The second-order valence-corrected chi connectivity index (χ2v) is 9.43. The van der Waals surface area contributed by atoms with Gasteiger partial charge in [0.05, 0.1) is 11.3 Å². The van der Waals surface area contributed by atoms with Crippen molar-refractivity contribution in [2.75, 3.05) is 5.32 Å². The van der Waals surface area contributed by atoms with E-state index in [1.807, 2.05) is 6.08 Å². The summed E-state index contributed by atoms with van der Waals surface area (Å²) >= 11 is 1.18. The summed E-state index contributed by atoms with van der Waals surface area (Å²) in [4.78, 5) is 35.3. The Morgan fingerprint density at radius 3 is 2.57 bits per heavy atom. The van der Waals surface area contributed by atoms with Crippen LogP contribution in [0.25, 0.3) is 0 Å². The van der Waals surface area contributed by atoms with Crippen molar-refractivity contribution in [1.29, 1.82) is 0 Å². The number of hydrogen-bond donors (Lipinski definition) is 3. The number of hydrogen-bond acceptors (Lipinski definition) is 6. The lowest BCUT2D eigenvalue weighted by Crippen LogP contribution is -2.28. The highest BCUT2D eigenvalue weighted by atomic mass is 32.2. The molecule has 1 heterocycles. The summed E-state index contributed by atoms with van der Waals surface area (Å²) in [6.45, 7) is 6.43. The Labute approximate surface area is 178 Å². The van der Waals surface area contributed by atoms with Crippen molar-refractivity contribution in [3.8, 4) is 0 Å². The van der Waals surface area contributed by atoms with Gasteiger partial charge in [-0.3, -0.25) is 9.59 Å². The van der Waals surface area contributed by atoms with Crippen LogP contribution in [0.2, 0.25) is 0 Å². The average Bonchev–Trinajstić information content (AvgIpc) is 2.98. The molecule has 3 N–H and O–H groups in total. The van der Waals surface area contributed by atoms with Crippen LogP contribution in [0.15, 0.2) is 46.1 Å². The highest BCUT2D eigenvalue weighted by molar-refractivity contribution is 8.15. The van der Waals surface area contributed by atoms with Gasteiger partial charge in [-0.1, -0.05) is 31.2 Å². The summed E-state index contributed by atoms with van der Waals surface area (Å²) in [5.74, 6) is -1.67. The molecule has 1 fully saturated rings. The number of nitrogens with one attached hydrogen (secondary N) is 2. The minimum atomic E-state index is -1.04. The molecule has 0 aromatic heterocycles. The van der Waals surface area contributed by atoms with E-state index in [1.54, 1.807) is 0 Å². The molecular weight excluding hydrogens is 404 g/mol. The number of amidine groups is 1. The number of carboxylic acids is 1. The Hall–Kier alpha value is -2.94. The smallest absolute Gasteiger partial charge is 0.335 e. The zero-order chi connectivity index (χ0) is 21.9. The summed E-state index contributed by atoms with van der Waals surface area (Å²) in [6, 6.07) is 5.82. The first-order chi connectivity index (χ1) is 14.1. The minimum Gasteiger partial charge on any atom is -0.478 e. The monoisotopic (exact) mass is 428 g/mol. The number of rotatable bonds is 5. The fourth-order valence-corrected chi connectivity index (χ4v) is 4.45. The van der Waals surface area contributed by atoms with Crippen LogP contribution in [0.4, 0.5) is 5.69 Å². The zero-order valence-corrected chi connectivity index (χ0v) is 17.9. The van der Waals surface area contributed by atoms with Crippen LogP contribution in [0.5, 0.6) is 0 Å². The van der Waals surface area contributed by atoms with Gasteiger partial charge in [0.25, 0.3) is 0 Å². The van der Waals surface area contributed by atoms with E-state index in [2.05, 4.69) is 41.6 Å². The molecule has 1 aromatic carbocycles. The van der Waals surface area contributed by atoms with E-state index >= 15 is 0 Å². The molecule has 1 aliphatic heterocycles. The fourth-order valence-electron chi connectivity index (χ4n) is 3.53. The maximum atomic E-state index is 12.3. The number of benzene rings is 1. The van der Waals surface area contributed by atoms with Crippen molar-refractivity contribution in [3.63, 3.8) is 0 Å². The molecular formula is C21H24N4O4S. The number of carboxylic acid groups (broad SMARTS) is 1. The molecule has 1 aromatic rings. The van der Waals surface area contributed by atoms with Crippen LogP contribution >= 0.6 is 11.8 Å². The fraction of sp³-hybridized carbons (Fsp3) is 0.381. The van der Waals surface area contributed by atoms with Crippen molar-refractivity contribution < 1.29 is 19.5 Å². The highest BCUT2D eigenvalue weighted by Gasteiger charge is 2.32. The lowest BCUT2D eigenvalue weighted by atomic mass is 9.77. The molecule has 2 aliphatic rings. The van der Waals surface area contributed by atoms with E-state index in [0.717, 1.165) is 18.6 Å². The summed E-state index contributed by atoms with van der Waals surface area (Å²) in [5.41, 5.74) is 2.85. The summed E-state index contributed by atoms with van der Waals surface area (Å²) in [5, 5.41) is 22.5. The summed E-state index contributed by atoms with van der Waals surface area (Å²) in [6.07, 6.45) is 3.83. The van der Waals surface area contributed by atoms with E-state index in [0.29, 0.717) is 10.9 Å². The van der Waals surface area contributed by atoms with E-state index in [4.69, 9.17) is 5.11 Å². The van der Waals surface area contributed by atoms with Gasteiger partial charge in [-0.2, -0.15) is 5.10 Å². The lowest BCUT2D eigenvalue weighted by molar-refractivity contribution is -0.122. The second-order valence-electron chi connectivity index (χ2n) is 8.24. The molecule has 2 amide bonds. The molecule has 0 radical (unpaired) electrons. The number of nitrogens with zero attached hydrogens (tertiary/aromatic N) is 2. The number of carbonyl (C=O) groups is 3. The number of thioether (sulfide) groups is 1. The molecule has 3 rings (SSSR count). The third kappa shape index (κ3) is 5.79. The van der Waals surface area contributed by atoms with Gasteiger partial charge in [0.1, 0.15) is 5.25 Å². The largest absolute Gasteiger partial charge is 0.478 e. The van der Waals surface area contributed by atoms with Gasteiger partial charge in [-0.15, -0.1) is 5.10 Å². The van der Waals surface area contributed by atoms with Crippen LogP contribution < -0.4 is 10.6 Å². The second kappa shape index (κ2) is 8.83. The SMILES string of the molecule is CC1=C/C(=N\N=C2\NC(=O)C(CC(=O)Nc3ccc(C(=O)O)cc3)S2)CC(C)(C)C1. The van der Waals surface area contributed by atoms with Gasteiger partial charge in [0, 0.05) is 12.1 Å². The first kappa shape index (κ1) is 21.8. The van der Waals surface area contributed by atoms with Crippen LogP contribution in [0.3, 0.4) is 0 Å². The van der Waals surface area contributed by atoms with E-state index in [-0.39, 0.29) is 29.2 Å². The Morgan fingerprint density at radius 1 is 1.23 bits per heavy atom. The van der Waals surface area contributed by atoms with Crippen LogP contribution in [0, 0.1) is 5.41 Å². The number of allylic oxidation sites excluding steroid dienone is 2. The lowest BCUT2D eigenvalue weighted by Gasteiger charge is -2.28. The molecule has 9 heteroatoms. The predicted molar refractivity (Wildman–Crippen MR) is 118 cm³/mol. The zero-order valence-electron chi connectivity index (χ0n) is 17.1. The van der Waals surface area contributed by atoms with Gasteiger partial charge in [-0.05, 0) is 55.5 Å². The highest BCUT2D eigenvalue weighted by Crippen LogP contribution is 2.34. The molecule has 1 saturated heterocycles. The predicted octanol–water partition coefficient (Wildman–Crippen LogP) is 3.42. The van der Waals surface area contributed by atoms with Gasteiger partial charge >= 0.3 is 5.97 Å². The third-order valence-electron chi connectivity index (χ3n) is 4.66. The summed E-state index contributed by atoms with van der Waals surface area (Å²) < 4.78 is 0. The Balaban J connectivity index is 1.58. The van der Waals surface area contributed by atoms with Crippen LogP contribution in [-0.2, 0) is 9.59 Å². The maximum Gasteiger partial charge on any atom is 0.335 e. The first-order valence-corrected chi connectivity index (χ1v) is 10.4. The molecule has 8 nitrogen and oxygen atoms in total. The minimum absolute atomic E-state index is 0.0290. The molecule has 1 aliphatic carbocycles. The Kier molecular flexibility index (Phi) is 6.40. The number of anilines is 1. The van der Waals surface area contributed by atoms with Gasteiger partial charge in [0.2, 0.25) is 11.8 Å². The number of carbonyl (C=O) groups excluding carboxylic acids is 2. The standard InChI is InChI=1S/C21H24N4O4S/c1-12-8-15(11-21(2,3)10-12)24-25-20-23-18(27)16(30-20)9-17(26)22-14-6-4-13(5-7-14)19(28)29/h4-8,16H,9-11H2,1-3H3,(H,22,26)(H,28,29)(H,23,25,27)/b24-15+. The van der Waals surface area contributed by atoms with Crippen molar-refractivity contribution in [2.24, 2.45) is 15.6 Å². The first-order valence-electron chi connectivity index (χ1n) is 9.54. The number of amides is 2. The molecule has 158 valence electrons.